The first kappa shape index (κ1) is 25.2. The quantitative estimate of drug-likeness (QED) is 0.226. The molecule has 5 heteroatoms. The van der Waals surface area contributed by atoms with Gasteiger partial charge in [0.25, 0.3) is 0 Å². The van der Waals surface area contributed by atoms with Crippen molar-refractivity contribution in [1.29, 1.82) is 0 Å². The van der Waals surface area contributed by atoms with E-state index in [4.69, 9.17) is 4.98 Å². The number of hydrogen-bond acceptors (Lipinski definition) is 3. The van der Waals surface area contributed by atoms with E-state index in [1.54, 1.807) is 6.20 Å². The van der Waals surface area contributed by atoms with Crippen molar-refractivity contribution in [2.75, 3.05) is 0 Å². The van der Waals surface area contributed by atoms with Gasteiger partial charge in [-0.05, 0) is 68.4 Å². The van der Waals surface area contributed by atoms with Gasteiger partial charge in [0, 0.05) is 42.0 Å². The molecule has 192 valence electrons. The monoisotopic (exact) mass is 494 g/mol. The van der Waals surface area contributed by atoms with Gasteiger partial charge in [0.2, 0.25) is 5.91 Å². The van der Waals surface area contributed by atoms with Crippen LogP contribution in [-0.4, -0.2) is 20.4 Å². The molecule has 0 spiro atoms. The van der Waals surface area contributed by atoms with Crippen LogP contribution in [-0.2, 0) is 17.9 Å². The zero-order chi connectivity index (χ0) is 25.5. The Balaban J connectivity index is 1.18. The molecule has 1 amide bonds. The normalized spacial score (nSPS) is 14.7. The van der Waals surface area contributed by atoms with E-state index in [1.807, 2.05) is 30.5 Å². The summed E-state index contributed by atoms with van der Waals surface area (Å²) in [6.07, 6.45) is 15.1. The minimum atomic E-state index is 0.119. The highest BCUT2D eigenvalue weighted by molar-refractivity contribution is 5.94. The Hall–Kier alpha value is -3.47. The van der Waals surface area contributed by atoms with E-state index in [9.17, 15) is 4.79 Å². The van der Waals surface area contributed by atoms with Gasteiger partial charge >= 0.3 is 0 Å². The summed E-state index contributed by atoms with van der Waals surface area (Å²) in [4.78, 5) is 22.2. The lowest BCUT2D eigenvalue weighted by atomic mass is 9.85. The van der Waals surface area contributed by atoms with Crippen molar-refractivity contribution in [3.8, 4) is 11.1 Å². The summed E-state index contributed by atoms with van der Waals surface area (Å²) in [6, 6.07) is 18.7. The number of amides is 1. The topological polar surface area (TPSA) is 59.8 Å². The van der Waals surface area contributed by atoms with Gasteiger partial charge in [-0.1, -0.05) is 61.6 Å². The van der Waals surface area contributed by atoms with Crippen LogP contribution in [0.15, 0.2) is 73.2 Å². The van der Waals surface area contributed by atoms with Crippen LogP contribution in [0.2, 0.25) is 0 Å². The Labute approximate surface area is 220 Å². The lowest BCUT2D eigenvalue weighted by Gasteiger charge is -2.22. The number of unbranched alkanes of at least 4 members (excludes halogenated alkanes) is 2. The van der Waals surface area contributed by atoms with E-state index in [-0.39, 0.29) is 11.8 Å². The molecule has 0 bridgehead atoms. The molecule has 1 aliphatic rings. The van der Waals surface area contributed by atoms with Gasteiger partial charge in [0.15, 0.2) is 0 Å². The van der Waals surface area contributed by atoms with Crippen molar-refractivity contribution in [3.05, 3.63) is 84.4 Å². The third kappa shape index (κ3) is 6.27. The second kappa shape index (κ2) is 12.2. The molecule has 3 aromatic heterocycles. The molecule has 4 aromatic rings. The summed E-state index contributed by atoms with van der Waals surface area (Å²) in [5.74, 6) is 0.854. The van der Waals surface area contributed by atoms with Gasteiger partial charge in [-0.25, -0.2) is 4.98 Å². The fourth-order valence-corrected chi connectivity index (χ4v) is 5.91. The lowest BCUT2D eigenvalue weighted by Crippen LogP contribution is -2.34. The Morgan fingerprint density at radius 3 is 2.68 bits per heavy atom. The van der Waals surface area contributed by atoms with E-state index >= 15 is 0 Å². The number of fused-ring (bicyclic) bond motifs is 1. The van der Waals surface area contributed by atoms with Crippen LogP contribution in [0.4, 0.5) is 0 Å². The molecule has 5 rings (SSSR count). The molecular weight excluding hydrogens is 456 g/mol. The zero-order valence-electron chi connectivity index (χ0n) is 21.9. The number of carbonyl (C=O) groups is 1. The maximum atomic E-state index is 13.1. The SMILES string of the molecule is Cc1cccc(-c2cn(CCCCCC(C(=O)NCc3ccccn3)C3CCCC3)c3ncccc23)c1. The average Bonchev–Trinajstić information content (AvgIpc) is 3.59. The summed E-state index contributed by atoms with van der Waals surface area (Å²) in [5.41, 5.74) is 5.73. The number of aryl methyl sites for hydroxylation is 2. The molecule has 5 nitrogen and oxygen atoms in total. The summed E-state index contributed by atoms with van der Waals surface area (Å²) in [7, 11) is 0. The largest absolute Gasteiger partial charge is 0.350 e. The maximum absolute atomic E-state index is 13.1. The van der Waals surface area contributed by atoms with E-state index in [2.05, 4.69) is 58.3 Å². The third-order valence-corrected chi connectivity index (χ3v) is 7.85. The number of nitrogens with zero attached hydrogens (tertiary/aromatic N) is 3. The fourth-order valence-electron chi connectivity index (χ4n) is 5.91. The molecule has 37 heavy (non-hydrogen) atoms. The molecule has 1 aliphatic carbocycles. The summed E-state index contributed by atoms with van der Waals surface area (Å²) in [5, 5.41) is 4.38. The van der Waals surface area contributed by atoms with Crippen LogP contribution in [0.1, 0.15) is 62.6 Å². The number of hydrogen-bond donors (Lipinski definition) is 1. The zero-order valence-corrected chi connectivity index (χ0v) is 21.9. The second-order valence-electron chi connectivity index (χ2n) is 10.5. The number of nitrogens with one attached hydrogen (secondary N) is 1. The molecular formula is C32H38N4O. The minimum absolute atomic E-state index is 0.119. The number of carbonyl (C=O) groups excluding carboxylic acids is 1. The second-order valence-corrected chi connectivity index (χ2v) is 10.5. The highest BCUT2D eigenvalue weighted by Crippen LogP contribution is 2.35. The van der Waals surface area contributed by atoms with Gasteiger partial charge in [0.05, 0.1) is 12.2 Å². The molecule has 1 atom stereocenters. The van der Waals surface area contributed by atoms with Crippen molar-refractivity contribution >= 4 is 16.9 Å². The van der Waals surface area contributed by atoms with Crippen LogP contribution in [0.25, 0.3) is 22.2 Å². The summed E-state index contributed by atoms with van der Waals surface area (Å²) >= 11 is 0. The van der Waals surface area contributed by atoms with Crippen molar-refractivity contribution < 1.29 is 4.79 Å². The van der Waals surface area contributed by atoms with E-state index in [1.165, 1.54) is 47.8 Å². The number of benzene rings is 1. The summed E-state index contributed by atoms with van der Waals surface area (Å²) < 4.78 is 2.31. The van der Waals surface area contributed by atoms with Gasteiger partial charge < -0.3 is 9.88 Å². The molecule has 1 aromatic carbocycles. The van der Waals surface area contributed by atoms with Gasteiger partial charge in [-0.15, -0.1) is 0 Å². The van der Waals surface area contributed by atoms with E-state index in [0.717, 1.165) is 43.6 Å². The van der Waals surface area contributed by atoms with Crippen LogP contribution in [0.3, 0.4) is 0 Å². The van der Waals surface area contributed by atoms with Crippen LogP contribution in [0.5, 0.6) is 0 Å². The molecule has 1 unspecified atom stereocenters. The summed E-state index contributed by atoms with van der Waals surface area (Å²) in [6.45, 7) is 3.60. The molecule has 1 fully saturated rings. The fraction of sp³-hybridized carbons (Fsp3) is 0.406. The number of pyridine rings is 2. The van der Waals surface area contributed by atoms with E-state index < -0.39 is 0 Å². The maximum Gasteiger partial charge on any atom is 0.223 e. The Bertz CT molecular complexity index is 1310. The van der Waals surface area contributed by atoms with Crippen LogP contribution in [0, 0.1) is 18.8 Å². The predicted octanol–water partition coefficient (Wildman–Crippen LogP) is 7.09. The van der Waals surface area contributed by atoms with Crippen LogP contribution >= 0.6 is 0 Å². The van der Waals surface area contributed by atoms with Gasteiger partial charge in [-0.3, -0.25) is 9.78 Å². The van der Waals surface area contributed by atoms with Crippen molar-refractivity contribution in [3.63, 3.8) is 0 Å². The van der Waals surface area contributed by atoms with Crippen LogP contribution < -0.4 is 5.32 Å². The third-order valence-electron chi connectivity index (χ3n) is 7.85. The predicted molar refractivity (Wildman–Crippen MR) is 150 cm³/mol. The Morgan fingerprint density at radius 2 is 1.86 bits per heavy atom. The van der Waals surface area contributed by atoms with Crippen molar-refractivity contribution in [1.82, 2.24) is 19.9 Å². The smallest absolute Gasteiger partial charge is 0.223 e. The standard InChI is InChI=1S/C32H38N4O/c1-24-11-9-14-26(21-24)30-23-36(31-29(30)17-10-19-34-31)20-8-2-3-16-28(25-12-4-5-13-25)32(37)35-22-27-15-6-7-18-33-27/h6-7,9-11,14-15,17-19,21,23,25,28H,2-5,8,12-13,16,20,22H2,1H3,(H,35,37). The Kier molecular flexibility index (Phi) is 8.29. The molecule has 1 saturated carbocycles. The molecule has 0 radical (unpaired) electrons. The first-order valence-electron chi connectivity index (χ1n) is 13.9. The Morgan fingerprint density at radius 1 is 1.00 bits per heavy atom. The molecule has 0 saturated heterocycles. The van der Waals surface area contributed by atoms with E-state index in [0.29, 0.717) is 12.5 Å². The molecule has 3 heterocycles. The lowest BCUT2D eigenvalue weighted by molar-refractivity contribution is -0.127. The minimum Gasteiger partial charge on any atom is -0.350 e. The average molecular weight is 495 g/mol. The number of rotatable bonds is 11. The van der Waals surface area contributed by atoms with Crippen molar-refractivity contribution in [2.24, 2.45) is 11.8 Å². The highest BCUT2D eigenvalue weighted by atomic mass is 16.1. The number of aromatic nitrogens is 3. The van der Waals surface area contributed by atoms with Gasteiger partial charge in [-0.2, -0.15) is 0 Å². The molecule has 0 aliphatic heterocycles. The first-order valence-corrected chi connectivity index (χ1v) is 13.9. The van der Waals surface area contributed by atoms with Gasteiger partial charge in [0.1, 0.15) is 5.65 Å². The van der Waals surface area contributed by atoms with Crippen molar-refractivity contribution in [2.45, 2.75) is 71.4 Å². The highest BCUT2D eigenvalue weighted by Gasteiger charge is 2.30. The first-order chi connectivity index (χ1) is 18.2. The molecule has 1 N–H and O–H groups in total.